The third-order valence-corrected chi connectivity index (χ3v) is 6.59. The van der Waals surface area contributed by atoms with Gasteiger partial charge in [-0.15, -0.1) is 11.3 Å². The summed E-state index contributed by atoms with van der Waals surface area (Å²) < 4.78 is 3.50. The van der Waals surface area contributed by atoms with E-state index in [-0.39, 0.29) is 5.91 Å². The third kappa shape index (κ3) is 2.96. The molecule has 0 unspecified atom stereocenters. The minimum Gasteiger partial charge on any atom is -0.361 e. The van der Waals surface area contributed by atoms with Crippen LogP contribution in [0.25, 0.3) is 21.1 Å². The van der Waals surface area contributed by atoms with Crippen molar-refractivity contribution in [1.29, 1.82) is 0 Å². The predicted octanol–water partition coefficient (Wildman–Crippen LogP) is 5.27. The number of aromatic amines is 1. The van der Waals surface area contributed by atoms with Gasteiger partial charge >= 0.3 is 0 Å². The number of fused-ring (bicyclic) bond motifs is 2. The Bertz CT molecular complexity index is 1100. The number of carbonyl (C=O) groups is 1. The molecule has 1 fully saturated rings. The van der Waals surface area contributed by atoms with Crippen LogP contribution >= 0.6 is 11.3 Å². The zero-order valence-corrected chi connectivity index (χ0v) is 16.0. The number of aromatic nitrogens is 2. The SMILES string of the molecule is O=C(NCCc1c[nH]c2ccccc12)c1cc2sccc2n1C1CCCC1. The van der Waals surface area contributed by atoms with E-state index in [0.717, 1.165) is 17.6 Å². The number of H-pyrrole nitrogens is 1. The second-order valence-electron chi connectivity index (χ2n) is 7.37. The number of hydrogen-bond acceptors (Lipinski definition) is 2. The lowest BCUT2D eigenvalue weighted by Crippen LogP contribution is -2.28. The molecule has 0 saturated heterocycles. The van der Waals surface area contributed by atoms with Gasteiger partial charge < -0.3 is 14.9 Å². The maximum absolute atomic E-state index is 12.9. The molecule has 1 aliphatic carbocycles. The molecular weight excluding hydrogens is 354 g/mol. The summed E-state index contributed by atoms with van der Waals surface area (Å²) in [6.45, 7) is 0.643. The molecular formula is C22H23N3OS. The first kappa shape index (κ1) is 16.6. The number of hydrogen-bond donors (Lipinski definition) is 2. The molecule has 2 N–H and O–H groups in total. The summed E-state index contributed by atoms with van der Waals surface area (Å²) in [6.07, 6.45) is 7.75. The average Bonchev–Trinajstić information content (AvgIpc) is 3.45. The summed E-state index contributed by atoms with van der Waals surface area (Å²) in [7, 11) is 0. The lowest BCUT2D eigenvalue weighted by Gasteiger charge is -2.17. The van der Waals surface area contributed by atoms with Crippen molar-refractivity contribution in [3.05, 3.63) is 59.2 Å². The maximum Gasteiger partial charge on any atom is 0.267 e. The van der Waals surface area contributed by atoms with Gasteiger partial charge in [0.25, 0.3) is 5.91 Å². The van der Waals surface area contributed by atoms with Crippen LogP contribution in [-0.4, -0.2) is 22.0 Å². The number of para-hydroxylation sites is 1. The van der Waals surface area contributed by atoms with Crippen molar-refractivity contribution in [2.45, 2.75) is 38.1 Å². The van der Waals surface area contributed by atoms with Crippen LogP contribution in [0.2, 0.25) is 0 Å². The van der Waals surface area contributed by atoms with E-state index in [1.807, 2.05) is 12.3 Å². The fraction of sp³-hybridized carbons (Fsp3) is 0.318. The molecule has 0 radical (unpaired) electrons. The first-order valence-corrected chi connectivity index (χ1v) is 10.6. The van der Waals surface area contributed by atoms with E-state index in [1.54, 1.807) is 11.3 Å². The molecule has 0 aliphatic heterocycles. The van der Waals surface area contributed by atoms with Crippen LogP contribution in [0.15, 0.2) is 48.0 Å². The Hall–Kier alpha value is -2.53. The molecule has 4 nitrogen and oxygen atoms in total. The molecule has 1 amide bonds. The molecule has 4 aromatic rings. The zero-order valence-electron chi connectivity index (χ0n) is 15.2. The summed E-state index contributed by atoms with van der Waals surface area (Å²) in [5, 5.41) is 6.50. The number of thiophene rings is 1. The number of benzene rings is 1. The van der Waals surface area contributed by atoms with Crippen LogP contribution in [0, 0.1) is 0 Å². The molecule has 5 heteroatoms. The van der Waals surface area contributed by atoms with Gasteiger partial charge in [-0.1, -0.05) is 31.0 Å². The molecule has 3 heterocycles. The Balaban J connectivity index is 1.34. The highest BCUT2D eigenvalue weighted by Gasteiger charge is 2.24. The quantitative estimate of drug-likeness (QED) is 0.489. The van der Waals surface area contributed by atoms with E-state index in [0.29, 0.717) is 12.6 Å². The molecule has 1 aromatic carbocycles. The van der Waals surface area contributed by atoms with Gasteiger partial charge in [0, 0.05) is 29.7 Å². The largest absolute Gasteiger partial charge is 0.361 e. The van der Waals surface area contributed by atoms with Gasteiger partial charge in [-0.2, -0.15) is 0 Å². The fourth-order valence-electron chi connectivity index (χ4n) is 4.42. The number of carbonyl (C=O) groups excluding carboxylic acids is 1. The minimum atomic E-state index is 0.0464. The van der Waals surface area contributed by atoms with E-state index in [4.69, 9.17) is 0 Å². The molecule has 138 valence electrons. The predicted molar refractivity (Wildman–Crippen MR) is 112 cm³/mol. The van der Waals surface area contributed by atoms with Gasteiger partial charge in [-0.3, -0.25) is 4.79 Å². The monoisotopic (exact) mass is 377 g/mol. The van der Waals surface area contributed by atoms with E-state index >= 15 is 0 Å². The number of amides is 1. The van der Waals surface area contributed by atoms with Crippen molar-refractivity contribution in [2.75, 3.05) is 6.54 Å². The standard InChI is InChI=1S/C22H23N3OS/c26-22(23-11-9-15-14-24-18-8-4-3-7-17(15)18)20-13-21-19(10-12-27-21)25(20)16-5-1-2-6-16/h3-4,7-8,10,12-14,16,24H,1-2,5-6,9,11H2,(H,23,26). The van der Waals surface area contributed by atoms with Crippen LogP contribution in [0.3, 0.4) is 0 Å². The molecule has 3 aromatic heterocycles. The summed E-state index contributed by atoms with van der Waals surface area (Å²) >= 11 is 1.72. The Morgan fingerprint density at radius 2 is 2.07 bits per heavy atom. The lowest BCUT2D eigenvalue weighted by molar-refractivity contribution is 0.0943. The number of nitrogens with zero attached hydrogens (tertiary/aromatic N) is 1. The molecule has 0 atom stereocenters. The second kappa shape index (κ2) is 6.89. The van der Waals surface area contributed by atoms with E-state index < -0.39 is 0 Å². The smallest absolute Gasteiger partial charge is 0.267 e. The highest BCUT2D eigenvalue weighted by atomic mass is 32.1. The van der Waals surface area contributed by atoms with Gasteiger partial charge in [0.05, 0.1) is 10.2 Å². The van der Waals surface area contributed by atoms with Crippen molar-refractivity contribution in [3.63, 3.8) is 0 Å². The molecule has 27 heavy (non-hydrogen) atoms. The van der Waals surface area contributed by atoms with Crippen LogP contribution in [0.5, 0.6) is 0 Å². The Morgan fingerprint density at radius 3 is 2.96 bits per heavy atom. The zero-order chi connectivity index (χ0) is 18.2. The van der Waals surface area contributed by atoms with Crippen LogP contribution in [0.4, 0.5) is 0 Å². The highest BCUT2D eigenvalue weighted by molar-refractivity contribution is 7.17. The average molecular weight is 378 g/mol. The Labute approximate surface area is 162 Å². The van der Waals surface area contributed by atoms with Gasteiger partial charge in [0.1, 0.15) is 5.69 Å². The number of nitrogens with one attached hydrogen (secondary N) is 2. The lowest BCUT2D eigenvalue weighted by atomic mass is 10.1. The van der Waals surface area contributed by atoms with Crippen molar-refractivity contribution >= 4 is 38.4 Å². The molecule has 1 aliphatic rings. The van der Waals surface area contributed by atoms with Crippen molar-refractivity contribution in [1.82, 2.24) is 14.9 Å². The van der Waals surface area contributed by atoms with Crippen molar-refractivity contribution in [3.8, 4) is 0 Å². The summed E-state index contributed by atoms with van der Waals surface area (Å²) in [6, 6.07) is 13.0. The van der Waals surface area contributed by atoms with Gasteiger partial charge in [-0.25, -0.2) is 0 Å². The summed E-state index contributed by atoms with van der Waals surface area (Å²) in [4.78, 5) is 16.2. The summed E-state index contributed by atoms with van der Waals surface area (Å²) in [5.74, 6) is 0.0464. The van der Waals surface area contributed by atoms with Gasteiger partial charge in [-0.05, 0) is 48.4 Å². The Kier molecular flexibility index (Phi) is 4.24. The molecule has 0 spiro atoms. The Morgan fingerprint density at radius 1 is 1.22 bits per heavy atom. The van der Waals surface area contributed by atoms with Crippen LogP contribution < -0.4 is 5.32 Å². The topological polar surface area (TPSA) is 49.8 Å². The van der Waals surface area contributed by atoms with Crippen molar-refractivity contribution < 1.29 is 4.79 Å². The number of rotatable bonds is 5. The molecule has 1 saturated carbocycles. The van der Waals surface area contributed by atoms with E-state index in [9.17, 15) is 4.79 Å². The van der Waals surface area contributed by atoms with Crippen molar-refractivity contribution in [2.24, 2.45) is 0 Å². The van der Waals surface area contributed by atoms with Gasteiger partial charge in [0.15, 0.2) is 0 Å². The molecule has 5 rings (SSSR count). The first-order chi connectivity index (χ1) is 13.3. The fourth-order valence-corrected chi connectivity index (χ4v) is 5.23. The maximum atomic E-state index is 12.9. The normalized spacial score (nSPS) is 15.1. The minimum absolute atomic E-state index is 0.0464. The first-order valence-electron chi connectivity index (χ1n) is 9.73. The van der Waals surface area contributed by atoms with Crippen LogP contribution in [0.1, 0.15) is 47.8 Å². The highest BCUT2D eigenvalue weighted by Crippen LogP contribution is 2.36. The second-order valence-corrected chi connectivity index (χ2v) is 8.32. The van der Waals surface area contributed by atoms with Crippen LogP contribution in [-0.2, 0) is 6.42 Å². The summed E-state index contributed by atoms with van der Waals surface area (Å²) in [5.41, 5.74) is 4.43. The van der Waals surface area contributed by atoms with E-state index in [1.165, 1.54) is 46.8 Å². The third-order valence-electron chi connectivity index (χ3n) is 5.74. The van der Waals surface area contributed by atoms with E-state index in [2.05, 4.69) is 50.6 Å². The molecule has 0 bridgehead atoms. The van der Waals surface area contributed by atoms with Gasteiger partial charge in [0.2, 0.25) is 0 Å².